The summed E-state index contributed by atoms with van der Waals surface area (Å²) in [4.78, 5) is 19.1. The van der Waals surface area contributed by atoms with Crippen LogP contribution in [0.5, 0.6) is 5.75 Å². The fourth-order valence-electron chi connectivity index (χ4n) is 1.82. The molecule has 0 unspecified atom stereocenters. The Morgan fingerprint density at radius 2 is 2.19 bits per heavy atom. The summed E-state index contributed by atoms with van der Waals surface area (Å²) in [5, 5.41) is 9.77. The first-order valence-electron chi connectivity index (χ1n) is 6.08. The van der Waals surface area contributed by atoms with E-state index in [-0.39, 0.29) is 17.0 Å². The van der Waals surface area contributed by atoms with Crippen molar-refractivity contribution in [2.24, 2.45) is 0 Å². The zero-order valence-corrected chi connectivity index (χ0v) is 13.5. The lowest BCUT2D eigenvalue weighted by molar-refractivity contribution is 0.0600. The molecule has 0 atom stereocenters. The van der Waals surface area contributed by atoms with Crippen molar-refractivity contribution >= 4 is 33.5 Å². The SMILES string of the molecule is COC(=O)c1ccc(CCc2nc(Cl)ncc2O)c(Br)c1. The number of carbonyl (C=O) groups is 1. The number of aromatic nitrogens is 2. The highest BCUT2D eigenvalue weighted by Crippen LogP contribution is 2.23. The smallest absolute Gasteiger partial charge is 0.337 e. The van der Waals surface area contributed by atoms with Gasteiger partial charge in [0.15, 0.2) is 5.75 Å². The largest absolute Gasteiger partial charge is 0.504 e. The van der Waals surface area contributed by atoms with E-state index in [2.05, 4.69) is 30.6 Å². The first-order valence-corrected chi connectivity index (χ1v) is 7.25. The predicted octanol–water partition coefficient (Wildman–Crippen LogP) is 3.17. The van der Waals surface area contributed by atoms with Gasteiger partial charge >= 0.3 is 5.97 Å². The normalized spacial score (nSPS) is 10.4. The highest BCUT2D eigenvalue weighted by Gasteiger charge is 2.10. The second-order valence-electron chi connectivity index (χ2n) is 4.27. The van der Waals surface area contributed by atoms with Gasteiger partial charge in [-0.3, -0.25) is 0 Å². The van der Waals surface area contributed by atoms with Crippen LogP contribution in [0.3, 0.4) is 0 Å². The third kappa shape index (κ3) is 3.92. The molecule has 1 heterocycles. The monoisotopic (exact) mass is 370 g/mol. The Kier molecular flexibility index (Phi) is 5.14. The lowest BCUT2D eigenvalue weighted by Gasteiger charge is -2.07. The van der Waals surface area contributed by atoms with Crippen molar-refractivity contribution in [3.63, 3.8) is 0 Å². The van der Waals surface area contributed by atoms with Gasteiger partial charge in [-0.25, -0.2) is 14.8 Å². The average Bonchev–Trinajstić information content (AvgIpc) is 2.48. The molecule has 0 aliphatic rings. The molecule has 0 saturated carbocycles. The molecular formula is C14H12BrClN2O3. The van der Waals surface area contributed by atoms with Crippen molar-refractivity contribution in [3.05, 3.63) is 51.0 Å². The van der Waals surface area contributed by atoms with E-state index in [0.717, 1.165) is 10.0 Å². The number of aromatic hydroxyl groups is 1. The maximum absolute atomic E-state index is 11.4. The predicted molar refractivity (Wildman–Crippen MR) is 81.6 cm³/mol. The molecule has 2 aromatic rings. The fraction of sp³-hybridized carbons (Fsp3) is 0.214. The summed E-state index contributed by atoms with van der Waals surface area (Å²) in [6.45, 7) is 0. The molecule has 0 aliphatic carbocycles. The first kappa shape index (κ1) is 15.7. The Morgan fingerprint density at radius 1 is 1.43 bits per heavy atom. The highest BCUT2D eigenvalue weighted by molar-refractivity contribution is 9.10. The molecule has 1 aromatic carbocycles. The molecule has 21 heavy (non-hydrogen) atoms. The minimum Gasteiger partial charge on any atom is -0.504 e. The zero-order valence-electron chi connectivity index (χ0n) is 11.1. The lowest BCUT2D eigenvalue weighted by Crippen LogP contribution is -2.02. The van der Waals surface area contributed by atoms with E-state index in [0.29, 0.717) is 24.1 Å². The van der Waals surface area contributed by atoms with Crippen molar-refractivity contribution in [1.29, 1.82) is 0 Å². The average molecular weight is 372 g/mol. The molecule has 110 valence electrons. The minimum absolute atomic E-state index is 0.0155. The summed E-state index contributed by atoms with van der Waals surface area (Å²) in [6, 6.07) is 5.23. The number of methoxy groups -OCH3 is 1. The second kappa shape index (κ2) is 6.87. The van der Waals surface area contributed by atoms with Gasteiger partial charge in [-0.05, 0) is 42.1 Å². The van der Waals surface area contributed by atoms with Crippen molar-refractivity contribution in [2.75, 3.05) is 7.11 Å². The van der Waals surface area contributed by atoms with Gasteiger partial charge in [0.25, 0.3) is 0 Å². The molecule has 1 aromatic heterocycles. The van der Waals surface area contributed by atoms with E-state index in [4.69, 9.17) is 11.6 Å². The minimum atomic E-state index is -0.387. The van der Waals surface area contributed by atoms with Gasteiger partial charge in [-0.15, -0.1) is 0 Å². The van der Waals surface area contributed by atoms with E-state index in [9.17, 15) is 9.90 Å². The molecule has 7 heteroatoms. The van der Waals surface area contributed by atoms with E-state index in [1.807, 2.05) is 6.07 Å². The van der Waals surface area contributed by atoms with Crippen molar-refractivity contribution in [1.82, 2.24) is 9.97 Å². The topological polar surface area (TPSA) is 72.3 Å². The van der Waals surface area contributed by atoms with Crippen LogP contribution in [0.25, 0.3) is 0 Å². The summed E-state index contributed by atoms with van der Waals surface area (Å²) < 4.78 is 5.46. The van der Waals surface area contributed by atoms with Crippen LogP contribution < -0.4 is 0 Å². The number of nitrogens with zero attached hydrogens (tertiary/aromatic N) is 2. The number of benzene rings is 1. The van der Waals surface area contributed by atoms with Crippen LogP contribution in [0.1, 0.15) is 21.6 Å². The van der Waals surface area contributed by atoms with Gasteiger partial charge in [0.05, 0.1) is 24.6 Å². The quantitative estimate of drug-likeness (QED) is 0.660. The number of hydrogen-bond donors (Lipinski definition) is 1. The second-order valence-corrected chi connectivity index (χ2v) is 5.46. The van der Waals surface area contributed by atoms with Gasteiger partial charge in [0, 0.05) is 4.47 Å². The number of ether oxygens (including phenoxy) is 1. The van der Waals surface area contributed by atoms with Gasteiger partial charge in [0.1, 0.15) is 0 Å². The maximum atomic E-state index is 11.4. The summed E-state index contributed by atoms with van der Waals surface area (Å²) in [6.07, 6.45) is 2.41. The molecular weight excluding hydrogens is 360 g/mol. The van der Waals surface area contributed by atoms with Crippen molar-refractivity contribution < 1.29 is 14.6 Å². The maximum Gasteiger partial charge on any atom is 0.337 e. The first-order chi connectivity index (χ1) is 10.0. The zero-order chi connectivity index (χ0) is 15.4. The molecule has 0 spiro atoms. The van der Waals surface area contributed by atoms with Crippen molar-refractivity contribution in [2.45, 2.75) is 12.8 Å². The van der Waals surface area contributed by atoms with Crippen LogP contribution in [0, 0.1) is 0 Å². The Bertz CT molecular complexity index is 679. The van der Waals surface area contributed by atoms with Crippen LogP contribution in [0.4, 0.5) is 0 Å². The molecule has 1 N–H and O–H groups in total. The lowest BCUT2D eigenvalue weighted by atomic mass is 10.1. The summed E-state index contributed by atoms with van der Waals surface area (Å²) in [5.41, 5.74) is 1.94. The third-order valence-electron chi connectivity index (χ3n) is 2.92. The van der Waals surface area contributed by atoms with Crippen LogP contribution in [-0.4, -0.2) is 28.2 Å². The summed E-state index contributed by atoms with van der Waals surface area (Å²) in [7, 11) is 1.34. The highest BCUT2D eigenvalue weighted by atomic mass is 79.9. The number of halogens is 2. The Labute approximate surface area is 135 Å². The number of carbonyl (C=O) groups excluding carboxylic acids is 1. The van der Waals surface area contributed by atoms with Gasteiger partial charge in [0.2, 0.25) is 5.28 Å². The standard InChI is InChI=1S/C14H12BrClN2O3/c1-21-13(20)9-3-2-8(10(15)6-9)4-5-11-12(19)7-17-14(16)18-11/h2-3,6-7,19H,4-5H2,1H3. The molecule has 2 rings (SSSR count). The molecule has 0 radical (unpaired) electrons. The number of rotatable bonds is 4. The molecule has 5 nitrogen and oxygen atoms in total. The van der Waals surface area contributed by atoms with E-state index < -0.39 is 0 Å². The fourth-order valence-corrected chi connectivity index (χ4v) is 2.55. The number of esters is 1. The number of aryl methyl sites for hydroxylation is 2. The van der Waals surface area contributed by atoms with Crippen LogP contribution in [0.15, 0.2) is 28.9 Å². The molecule has 0 amide bonds. The van der Waals surface area contributed by atoms with Crippen LogP contribution >= 0.6 is 27.5 Å². The Balaban J connectivity index is 2.13. The van der Waals surface area contributed by atoms with E-state index >= 15 is 0 Å². The van der Waals surface area contributed by atoms with Gasteiger partial charge in [-0.1, -0.05) is 22.0 Å². The molecule has 0 saturated heterocycles. The Morgan fingerprint density at radius 3 is 2.86 bits per heavy atom. The summed E-state index contributed by atoms with van der Waals surface area (Å²) >= 11 is 9.13. The molecule has 0 bridgehead atoms. The molecule has 0 aliphatic heterocycles. The van der Waals surface area contributed by atoms with Gasteiger partial charge < -0.3 is 9.84 Å². The van der Waals surface area contributed by atoms with E-state index in [1.54, 1.807) is 12.1 Å². The van der Waals surface area contributed by atoms with Crippen LogP contribution in [-0.2, 0) is 17.6 Å². The van der Waals surface area contributed by atoms with Crippen molar-refractivity contribution in [3.8, 4) is 5.75 Å². The molecule has 0 fully saturated rings. The van der Waals surface area contributed by atoms with Crippen LogP contribution in [0.2, 0.25) is 5.28 Å². The third-order valence-corrected chi connectivity index (χ3v) is 3.84. The summed E-state index contributed by atoms with van der Waals surface area (Å²) in [5.74, 6) is -0.371. The Hall–Kier alpha value is -1.66. The number of hydrogen-bond acceptors (Lipinski definition) is 5. The van der Waals surface area contributed by atoms with E-state index in [1.165, 1.54) is 13.3 Å². The van der Waals surface area contributed by atoms with Gasteiger partial charge in [-0.2, -0.15) is 0 Å².